The van der Waals surface area contributed by atoms with E-state index in [1.54, 1.807) is 20.8 Å². The molecule has 1 aliphatic heterocycles. The van der Waals surface area contributed by atoms with Gasteiger partial charge in [0, 0.05) is 5.57 Å². The van der Waals surface area contributed by atoms with Crippen LogP contribution in [0.3, 0.4) is 0 Å². The molecule has 6 heteroatoms. The first-order chi connectivity index (χ1) is 8.76. The molecule has 0 aliphatic carbocycles. The average Bonchev–Trinajstić information content (AvgIpc) is 2.65. The fourth-order valence-electron chi connectivity index (χ4n) is 1.80. The Labute approximate surface area is 113 Å². The molecule has 0 spiro atoms. The highest BCUT2D eigenvalue weighted by Gasteiger charge is 2.40. The van der Waals surface area contributed by atoms with E-state index in [-0.39, 0.29) is 24.6 Å². The minimum atomic E-state index is -0.740. The first-order valence-corrected chi connectivity index (χ1v) is 6.21. The summed E-state index contributed by atoms with van der Waals surface area (Å²) in [4.78, 5) is 23.0. The number of Topliss-reactive ketones (excluding diaryl/α,β-unsaturated/α-hetero) is 1. The number of carbonyl (C=O) groups excluding carboxylic acids is 2. The molecule has 1 saturated heterocycles. The highest BCUT2D eigenvalue weighted by molar-refractivity contribution is 5.94. The molecule has 1 fully saturated rings. The van der Waals surface area contributed by atoms with Crippen LogP contribution in [-0.2, 0) is 19.0 Å². The van der Waals surface area contributed by atoms with Gasteiger partial charge >= 0.3 is 6.09 Å². The van der Waals surface area contributed by atoms with E-state index >= 15 is 0 Å². The van der Waals surface area contributed by atoms with Crippen LogP contribution in [0.5, 0.6) is 0 Å². The quantitative estimate of drug-likeness (QED) is 0.765. The molecule has 108 valence electrons. The van der Waals surface area contributed by atoms with Crippen LogP contribution in [-0.4, -0.2) is 43.0 Å². The van der Waals surface area contributed by atoms with Crippen LogP contribution < -0.4 is 5.32 Å². The van der Waals surface area contributed by atoms with Crippen molar-refractivity contribution in [1.82, 2.24) is 5.32 Å². The molecule has 1 heterocycles. The monoisotopic (exact) mass is 271 g/mol. The predicted molar refractivity (Wildman–Crippen MR) is 68.7 cm³/mol. The van der Waals surface area contributed by atoms with E-state index in [0.29, 0.717) is 0 Å². The van der Waals surface area contributed by atoms with E-state index < -0.39 is 24.0 Å². The Balaban J connectivity index is 2.78. The summed E-state index contributed by atoms with van der Waals surface area (Å²) >= 11 is 0. The predicted octanol–water partition coefficient (Wildman–Crippen LogP) is 1.40. The Morgan fingerprint density at radius 3 is 2.58 bits per heavy atom. The Hall–Kier alpha value is -1.40. The molecule has 0 aromatic rings. The van der Waals surface area contributed by atoms with Crippen LogP contribution in [0.1, 0.15) is 27.7 Å². The summed E-state index contributed by atoms with van der Waals surface area (Å²) in [6.45, 7) is 10.9. The third-order valence-corrected chi connectivity index (χ3v) is 2.78. The van der Waals surface area contributed by atoms with Gasteiger partial charge in [-0.2, -0.15) is 0 Å². The Morgan fingerprint density at radius 2 is 2.16 bits per heavy atom. The zero-order chi connectivity index (χ0) is 14.6. The lowest BCUT2D eigenvalue weighted by Gasteiger charge is -2.25. The second kappa shape index (κ2) is 6.16. The largest absolute Gasteiger partial charge is 0.450 e. The average molecular weight is 271 g/mol. The van der Waals surface area contributed by atoms with Crippen LogP contribution in [0, 0.1) is 0 Å². The molecule has 0 unspecified atom stereocenters. The summed E-state index contributed by atoms with van der Waals surface area (Å²) in [7, 11) is 0. The maximum absolute atomic E-state index is 11.5. The minimum absolute atomic E-state index is 0.213. The van der Waals surface area contributed by atoms with Gasteiger partial charge in [-0.1, -0.05) is 6.58 Å². The van der Waals surface area contributed by atoms with E-state index in [1.165, 1.54) is 6.92 Å². The third-order valence-electron chi connectivity index (χ3n) is 2.78. The lowest BCUT2D eigenvalue weighted by molar-refractivity contribution is -0.141. The molecule has 1 N–H and O–H groups in total. The van der Waals surface area contributed by atoms with Crippen LogP contribution in [0.25, 0.3) is 0 Å². The number of rotatable bonds is 5. The SMILES string of the molecule is C=C(C(C)=O)[C@@H](NC(=O)OCC)[C@H]1COC(C)(C)O1. The van der Waals surface area contributed by atoms with Gasteiger partial charge in [-0.3, -0.25) is 4.79 Å². The smallest absolute Gasteiger partial charge is 0.407 e. The van der Waals surface area contributed by atoms with Gasteiger partial charge in [0.2, 0.25) is 0 Å². The maximum Gasteiger partial charge on any atom is 0.407 e. The van der Waals surface area contributed by atoms with E-state index in [1.807, 2.05) is 0 Å². The minimum Gasteiger partial charge on any atom is -0.450 e. The Bertz CT molecular complexity index is 377. The van der Waals surface area contributed by atoms with Crippen molar-refractivity contribution in [3.8, 4) is 0 Å². The summed E-state index contributed by atoms with van der Waals surface area (Å²) in [6.07, 6.45) is -1.07. The molecule has 1 aliphatic rings. The third kappa shape index (κ3) is 4.33. The van der Waals surface area contributed by atoms with Gasteiger partial charge in [-0.05, 0) is 27.7 Å². The van der Waals surface area contributed by atoms with Crippen molar-refractivity contribution in [2.75, 3.05) is 13.2 Å². The van der Waals surface area contributed by atoms with Gasteiger partial charge < -0.3 is 19.5 Å². The van der Waals surface area contributed by atoms with E-state index in [4.69, 9.17) is 14.2 Å². The molecule has 0 bridgehead atoms. The van der Waals surface area contributed by atoms with Gasteiger partial charge in [-0.15, -0.1) is 0 Å². The van der Waals surface area contributed by atoms with E-state index in [0.717, 1.165) is 0 Å². The second-order valence-corrected chi connectivity index (χ2v) is 4.79. The maximum atomic E-state index is 11.5. The summed E-state index contributed by atoms with van der Waals surface area (Å²) in [5, 5.41) is 2.59. The molecule has 0 radical (unpaired) electrons. The zero-order valence-corrected chi connectivity index (χ0v) is 11.8. The fourth-order valence-corrected chi connectivity index (χ4v) is 1.80. The molecule has 0 aromatic carbocycles. The number of carbonyl (C=O) groups is 2. The second-order valence-electron chi connectivity index (χ2n) is 4.79. The summed E-state index contributed by atoms with van der Waals surface area (Å²) < 4.78 is 15.9. The fraction of sp³-hybridized carbons (Fsp3) is 0.692. The van der Waals surface area contributed by atoms with Gasteiger partial charge in [0.1, 0.15) is 6.10 Å². The number of ether oxygens (including phenoxy) is 3. The van der Waals surface area contributed by atoms with Gasteiger partial charge in [0.25, 0.3) is 0 Å². The molecular weight excluding hydrogens is 250 g/mol. The first kappa shape index (κ1) is 15.7. The van der Waals surface area contributed by atoms with Crippen molar-refractivity contribution >= 4 is 11.9 Å². The van der Waals surface area contributed by atoms with Gasteiger partial charge in [0.15, 0.2) is 11.6 Å². The molecule has 0 saturated carbocycles. The van der Waals surface area contributed by atoms with Crippen molar-refractivity contribution in [2.24, 2.45) is 0 Å². The lowest BCUT2D eigenvalue weighted by Crippen LogP contribution is -2.47. The van der Waals surface area contributed by atoms with Crippen LogP contribution >= 0.6 is 0 Å². The number of hydrogen-bond donors (Lipinski definition) is 1. The number of ketones is 1. The summed E-state index contributed by atoms with van der Waals surface area (Å²) in [6, 6.07) is -0.654. The number of amides is 1. The number of hydrogen-bond acceptors (Lipinski definition) is 5. The molecule has 1 amide bonds. The molecule has 19 heavy (non-hydrogen) atoms. The zero-order valence-electron chi connectivity index (χ0n) is 11.8. The molecule has 6 nitrogen and oxygen atoms in total. The van der Waals surface area contributed by atoms with Crippen molar-refractivity contribution in [3.63, 3.8) is 0 Å². The Kier molecular flexibility index (Phi) is 5.08. The molecular formula is C13H21NO5. The van der Waals surface area contributed by atoms with Crippen LogP contribution in [0.4, 0.5) is 4.79 Å². The summed E-state index contributed by atoms with van der Waals surface area (Å²) in [5.74, 6) is -0.953. The molecule has 1 rings (SSSR count). The van der Waals surface area contributed by atoms with Crippen LogP contribution in [0.2, 0.25) is 0 Å². The van der Waals surface area contributed by atoms with Gasteiger partial charge in [-0.25, -0.2) is 4.79 Å². The lowest BCUT2D eigenvalue weighted by atomic mass is 10.0. The van der Waals surface area contributed by atoms with Crippen molar-refractivity contribution in [2.45, 2.75) is 45.6 Å². The standard InChI is InChI=1S/C13H21NO5/c1-6-17-12(16)14-11(8(2)9(3)15)10-7-18-13(4,5)19-10/h10-11H,2,6-7H2,1,3-5H3,(H,14,16)/t10-,11-/m1/s1. The molecule has 2 atom stereocenters. The number of alkyl carbamates (subject to hydrolysis) is 1. The van der Waals surface area contributed by atoms with Crippen molar-refractivity contribution in [3.05, 3.63) is 12.2 Å². The first-order valence-electron chi connectivity index (χ1n) is 6.21. The highest BCUT2D eigenvalue weighted by Crippen LogP contribution is 2.26. The van der Waals surface area contributed by atoms with Crippen molar-refractivity contribution < 1.29 is 23.8 Å². The van der Waals surface area contributed by atoms with Gasteiger partial charge in [0.05, 0.1) is 19.3 Å². The highest BCUT2D eigenvalue weighted by atomic mass is 16.7. The normalized spacial score (nSPS) is 22.6. The van der Waals surface area contributed by atoms with Crippen LogP contribution in [0.15, 0.2) is 12.2 Å². The molecule has 0 aromatic heterocycles. The van der Waals surface area contributed by atoms with Crippen molar-refractivity contribution in [1.29, 1.82) is 0 Å². The van der Waals surface area contributed by atoms with E-state index in [2.05, 4.69) is 11.9 Å². The van der Waals surface area contributed by atoms with E-state index in [9.17, 15) is 9.59 Å². The topological polar surface area (TPSA) is 73.9 Å². The Morgan fingerprint density at radius 1 is 1.53 bits per heavy atom. The summed E-state index contributed by atoms with van der Waals surface area (Å²) in [5.41, 5.74) is 0.263. The number of nitrogens with one attached hydrogen (secondary N) is 1.